The van der Waals surface area contributed by atoms with Gasteiger partial charge in [-0.15, -0.1) is 11.3 Å². The number of hydrogen-bond acceptors (Lipinski definition) is 8. The van der Waals surface area contributed by atoms with Gasteiger partial charge in [0.2, 0.25) is 0 Å². The van der Waals surface area contributed by atoms with Gasteiger partial charge in [-0.1, -0.05) is 0 Å². The molecule has 0 radical (unpaired) electrons. The second-order valence-electron chi connectivity index (χ2n) is 5.81. The molecule has 9 heteroatoms. The minimum absolute atomic E-state index is 0. The molecule has 0 spiro atoms. The summed E-state index contributed by atoms with van der Waals surface area (Å²) in [5.41, 5.74) is 0. The molecule has 29 heavy (non-hydrogen) atoms. The quantitative estimate of drug-likeness (QED) is 0.465. The Morgan fingerprint density at radius 3 is 2.21 bits per heavy atom. The summed E-state index contributed by atoms with van der Waals surface area (Å²) < 4.78 is 23.0. The number of nitrogens with one attached hydrogen (secondary N) is 1. The van der Waals surface area contributed by atoms with Crippen LogP contribution in [-0.4, -0.2) is 33.8 Å². The first-order valence-electron chi connectivity index (χ1n) is 8.45. The maximum absolute atomic E-state index is 10.7. The Hall–Kier alpha value is -1.97. The van der Waals surface area contributed by atoms with Gasteiger partial charge in [-0.3, -0.25) is 0 Å². The van der Waals surface area contributed by atoms with Gasteiger partial charge in [0.25, 0.3) is 0 Å². The van der Waals surface area contributed by atoms with E-state index in [2.05, 4.69) is 5.32 Å². The molecule has 7 nitrogen and oxygen atoms in total. The number of thiophene rings is 1. The molecule has 0 amide bonds. The Morgan fingerprint density at radius 2 is 1.62 bits per heavy atom. The molecule has 0 saturated heterocycles. The molecule has 0 aliphatic heterocycles. The Labute approximate surface area is 194 Å². The maximum atomic E-state index is 10.7. The fourth-order valence-electron chi connectivity index (χ4n) is 2.72. The predicted octanol–water partition coefficient (Wildman–Crippen LogP) is -0.437. The number of methoxy groups -OCH3 is 3. The summed E-state index contributed by atoms with van der Waals surface area (Å²) in [5, 5.41) is 14.4. The SMILES string of the molecule is COc1ccc(Oc2c(CNCC(=O)[O-])sc3cc(OC)c(OC)cc23)cc1.[Na+]. The minimum Gasteiger partial charge on any atom is -0.549 e. The fourth-order valence-corrected chi connectivity index (χ4v) is 3.83. The van der Waals surface area contributed by atoms with Crippen LogP contribution in [0.4, 0.5) is 0 Å². The summed E-state index contributed by atoms with van der Waals surface area (Å²) in [6, 6.07) is 11.0. The molecule has 2 aromatic carbocycles. The van der Waals surface area contributed by atoms with Crippen molar-refractivity contribution in [2.75, 3.05) is 27.9 Å². The summed E-state index contributed by atoms with van der Waals surface area (Å²) in [4.78, 5) is 11.6. The predicted molar refractivity (Wildman–Crippen MR) is 105 cm³/mol. The molecule has 1 N–H and O–H groups in total. The van der Waals surface area contributed by atoms with E-state index >= 15 is 0 Å². The molecular formula is C20H20NNaO6S. The van der Waals surface area contributed by atoms with Crippen LogP contribution >= 0.6 is 11.3 Å². The second-order valence-corrected chi connectivity index (χ2v) is 6.95. The van der Waals surface area contributed by atoms with Crippen molar-refractivity contribution in [3.05, 3.63) is 41.3 Å². The third kappa shape index (κ3) is 5.55. The molecular weight excluding hydrogens is 405 g/mol. The third-order valence-corrected chi connectivity index (χ3v) is 5.18. The van der Waals surface area contributed by atoms with E-state index in [1.54, 1.807) is 21.3 Å². The molecule has 0 saturated carbocycles. The van der Waals surface area contributed by atoms with Crippen LogP contribution in [0.2, 0.25) is 0 Å². The molecule has 3 aromatic rings. The van der Waals surface area contributed by atoms with Crippen molar-refractivity contribution in [1.82, 2.24) is 5.32 Å². The van der Waals surface area contributed by atoms with E-state index in [0.29, 0.717) is 29.5 Å². The van der Waals surface area contributed by atoms with Crippen LogP contribution in [0, 0.1) is 0 Å². The Bertz CT molecular complexity index is 973. The van der Waals surface area contributed by atoms with Crippen LogP contribution in [-0.2, 0) is 11.3 Å². The largest absolute Gasteiger partial charge is 1.00 e. The van der Waals surface area contributed by atoms with Gasteiger partial charge >= 0.3 is 29.6 Å². The standard InChI is InChI=1S/C20H21NO6S.Na/c1-24-12-4-6-13(7-5-12)27-20-14-8-15(25-2)16(26-3)9-17(14)28-18(20)10-21-11-19(22)23;/h4-9,21H,10-11H2,1-3H3,(H,22,23);/q;+1/p-1. The monoisotopic (exact) mass is 425 g/mol. The topological polar surface area (TPSA) is 89.1 Å². The van der Waals surface area contributed by atoms with Crippen molar-refractivity contribution in [3.63, 3.8) is 0 Å². The summed E-state index contributed by atoms with van der Waals surface area (Å²) >= 11 is 1.49. The average molecular weight is 425 g/mol. The van der Waals surface area contributed by atoms with E-state index in [0.717, 1.165) is 20.7 Å². The zero-order chi connectivity index (χ0) is 20.1. The number of benzene rings is 2. The van der Waals surface area contributed by atoms with Crippen molar-refractivity contribution in [3.8, 4) is 28.7 Å². The van der Waals surface area contributed by atoms with E-state index in [1.807, 2.05) is 36.4 Å². The van der Waals surface area contributed by atoms with Gasteiger partial charge in [-0.25, -0.2) is 0 Å². The molecule has 0 bridgehead atoms. The molecule has 1 aromatic heterocycles. The van der Waals surface area contributed by atoms with Crippen LogP contribution in [0.15, 0.2) is 36.4 Å². The van der Waals surface area contributed by atoms with E-state index in [4.69, 9.17) is 18.9 Å². The number of carboxylic acid groups (broad SMARTS) is 1. The van der Waals surface area contributed by atoms with Crippen molar-refractivity contribution in [2.24, 2.45) is 0 Å². The van der Waals surface area contributed by atoms with Crippen LogP contribution in [0.3, 0.4) is 0 Å². The van der Waals surface area contributed by atoms with Crippen molar-refractivity contribution in [1.29, 1.82) is 0 Å². The number of fused-ring (bicyclic) bond motifs is 1. The van der Waals surface area contributed by atoms with E-state index < -0.39 is 5.97 Å². The number of carboxylic acids is 1. The van der Waals surface area contributed by atoms with Gasteiger partial charge in [0.1, 0.15) is 11.5 Å². The molecule has 3 rings (SSSR count). The Morgan fingerprint density at radius 1 is 1.00 bits per heavy atom. The molecule has 148 valence electrons. The van der Waals surface area contributed by atoms with Gasteiger partial charge in [-0.2, -0.15) is 0 Å². The van der Waals surface area contributed by atoms with Crippen LogP contribution in [0.25, 0.3) is 10.1 Å². The first kappa shape index (κ1) is 23.3. The van der Waals surface area contributed by atoms with E-state index in [-0.39, 0.29) is 36.1 Å². The first-order chi connectivity index (χ1) is 13.5. The van der Waals surface area contributed by atoms with Crippen LogP contribution < -0.4 is 58.9 Å². The zero-order valence-electron chi connectivity index (χ0n) is 16.7. The Kier molecular flexibility index (Phi) is 8.60. The summed E-state index contributed by atoms with van der Waals surface area (Å²) in [6.07, 6.45) is 0. The molecule has 0 atom stereocenters. The molecule has 0 fully saturated rings. The van der Waals surface area contributed by atoms with Crippen LogP contribution in [0.1, 0.15) is 4.88 Å². The number of ether oxygens (including phenoxy) is 4. The summed E-state index contributed by atoms with van der Waals surface area (Å²) in [6.45, 7) is 0.0757. The number of carbonyl (C=O) groups excluding carboxylic acids is 1. The number of hydrogen-bond donors (Lipinski definition) is 1. The summed E-state index contributed by atoms with van der Waals surface area (Å²) in [5.74, 6) is 2.03. The smallest absolute Gasteiger partial charge is 0.549 e. The first-order valence-corrected chi connectivity index (χ1v) is 9.27. The van der Waals surface area contributed by atoms with Crippen LogP contribution in [0.5, 0.6) is 28.7 Å². The summed E-state index contributed by atoms with van der Waals surface area (Å²) in [7, 11) is 4.75. The normalized spacial score (nSPS) is 10.3. The minimum atomic E-state index is -1.16. The average Bonchev–Trinajstić information content (AvgIpc) is 3.03. The van der Waals surface area contributed by atoms with E-state index in [1.165, 1.54) is 11.3 Å². The van der Waals surface area contributed by atoms with Crippen molar-refractivity contribution >= 4 is 27.4 Å². The van der Waals surface area contributed by atoms with Gasteiger partial charge in [0.05, 0.1) is 32.2 Å². The number of aliphatic carboxylic acids is 1. The third-order valence-electron chi connectivity index (χ3n) is 4.05. The Balaban J connectivity index is 0.00000300. The number of carbonyl (C=O) groups is 1. The molecule has 0 unspecified atom stereocenters. The molecule has 1 heterocycles. The zero-order valence-corrected chi connectivity index (χ0v) is 19.6. The van der Waals surface area contributed by atoms with Crippen molar-refractivity contribution < 1.29 is 58.4 Å². The molecule has 0 aliphatic carbocycles. The van der Waals surface area contributed by atoms with Gasteiger partial charge in [-0.05, 0) is 30.3 Å². The maximum Gasteiger partial charge on any atom is 1.00 e. The van der Waals surface area contributed by atoms with Gasteiger partial charge < -0.3 is 34.2 Å². The van der Waals surface area contributed by atoms with Gasteiger partial charge in [0.15, 0.2) is 17.2 Å². The fraction of sp³-hybridized carbons (Fsp3) is 0.250. The second kappa shape index (κ2) is 10.7. The van der Waals surface area contributed by atoms with E-state index in [9.17, 15) is 9.90 Å². The number of rotatable bonds is 9. The molecule has 0 aliphatic rings. The van der Waals surface area contributed by atoms with Crippen molar-refractivity contribution in [2.45, 2.75) is 6.54 Å². The van der Waals surface area contributed by atoms with Gasteiger partial charge in [0, 0.05) is 29.2 Å².